The highest BCUT2D eigenvalue weighted by molar-refractivity contribution is 6.35. The molecule has 1 aromatic carbocycles. The van der Waals surface area contributed by atoms with E-state index in [0.717, 1.165) is 0 Å². The number of hydrogen-bond acceptors (Lipinski definition) is 4. The molecule has 0 unspecified atom stereocenters. The maximum atomic E-state index is 14.0. The van der Waals surface area contributed by atoms with Gasteiger partial charge in [-0.15, -0.1) is 0 Å². The van der Waals surface area contributed by atoms with Crippen molar-refractivity contribution in [3.05, 3.63) is 57.5 Å². The minimum Gasteiger partial charge on any atom is -0.384 e. The highest BCUT2D eigenvalue weighted by Gasteiger charge is 2.16. The van der Waals surface area contributed by atoms with Crippen LogP contribution in [0, 0.1) is 5.82 Å². The Balaban J connectivity index is 2.44. The first kappa shape index (κ1) is 14.5. The lowest BCUT2D eigenvalue weighted by atomic mass is 10.2. The van der Waals surface area contributed by atoms with E-state index in [0.29, 0.717) is 23.8 Å². The normalized spacial score (nSPS) is 11.0. The molecule has 2 heterocycles. The van der Waals surface area contributed by atoms with Crippen LogP contribution in [0.3, 0.4) is 0 Å². The van der Waals surface area contributed by atoms with E-state index in [2.05, 4.69) is 9.97 Å². The smallest absolute Gasteiger partial charge is 0.267 e. The molecule has 0 spiro atoms. The Labute approximate surface area is 130 Å². The van der Waals surface area contributed by atoms with Crippen LogP contribution < -0.4 is 11.3 Å². The number of aryl methyl sites for hydroxylation is 1. The van der Waals surface area contributed by atoms with Crippen LogP contribution in [0.1, 0.15) is 12.7 Å². The summed E-state index contributed by atoms with van der Waals surface area (Å²) < 4.78 is 15.3. The topological polar surface area (TPSA) is 73.8 Å². The molecule has 0 amide bonds. The third-order valence-corrected chi connectivity index (χ3v) is 3.65. The number of pyridine rings is 1. The van der Waals surface area contributed by atoms with Crippen molar-refractivity contribution in [3.8, 4) is 5.69 Å². The van der Waals surface area contributed by atoms with Gasteiger partial charge in [-0.2, -0.15) is 0 Å². The number of rotatable bonds is 2. The van der Waals surface area contributed by atoms with Gasteiger partial charge in [-0.1, -0.05) is 18.5 Å². The summed E-state index contributed by atoms with van der Waals surface area (Å²) in [6, 6.07) is 5.79. The van der Waals surface area contributed by atoms with E-state index in [1.54, 1.807) is 12.1 Å². The summed E-state index contributed by atoms with van der Waals surface area (Å²) in [5.41, 5.74) is 5.62. The fraction of sp³-hybridized carbons (Fsp3) is 0.133. The summed E-state index contributed by atoms with van der Waals surface area (Å²) in [5, 5.41) is 0.212. The number of fused-ring (bicyclic) bond motifs is 1. The highest BCUT2D eigenvalue weighted by atomic mass is 35.5. The van der Waals surface area contributed by atoms with Crippen molar-refractivity contribution in [2.45, 2.75) is 13.3 Å². The zero-order valence-corrected chi connectivity index (χ0v) is 12.4. The van der Waals surface area contributed by atoms with Crippen molar-refractivity contribution in [2.75, 3.05) is 5.73 Å². The van der Waals surface area contributed by atoms with Crippen molar-refractivity contribution in [2.24, 2.45) is 0 Å². The average Bonchev–Trinajstić information content (AvgIpc) is 2.51. The number of aromatic nitrogens is 3. The highest BCUT2D eigenvalue weighted by Crippen LogP contribution is 2.23. The van der Waals surface area contributed by atoms with Gasteiger partial charge in [-0.05, 0) is 24.3 Å². The standard InChI is InChI=1S/C15H12ClFN4O/c1-2-12-20-14-10(17)5-4-9(16)13(14)15(22)21(12)8-3-6-11(18)19-7-8/h3-7H,2H2,1H3,(H2,18,19). The summed E-state index contributed by atoms with van der Waals surface area (Å²) in [7, 11) is 0. The van der Waals surface area contributed by atoms with Crippen molar-refractivity contribution >= 4 is 28.3 Å². The lowest BCUT2D eigenvalue weighted by Gasteiger charge is -2.13. The number of anilines is 1. The van der Waals surface area contributed by atoms with Gasteiger partial charge in [-0.3, -0.25) is 9.36 Å². The Hall–Kier alpha value is -2.47. The fourth-order valence-electron chi connectivity index (χ4n) is 2.30. The molecule has 2 N–H and O–H groups in total. The number of nitrogen functional groups attached to an aromatic ring is 1. The van der Waals surface area contributed by atoms with Crippen LogP contribution >= 0.6 is 11.6 Å². The van der Waals surface area contributed by atoms with E-state index in [1.165, 1.54) is 22.9 Å². The summed E-state index contributed by atoms with van der Waals surface area (Å²) in [6.45, 7) is 1.83. The molecular weight excluding hydrogens is 307 g/mol. The summed E-state index contributed by atoms with van der Waals surface area (Å²) >= 11 is 6.06. The van der Waals surface area contributed by atoms with E-state index in [4.69, 9.17) is 17.3 Å². The fourth-order valence-corrected chi connectivity index (χ4v) is 2.53. The summed E-state index contributed by atoms with van der Waals surface area (Å²) in [6.07, 6.45) is 1.91. The number of hydrogen-bond donors (Lipinski definition) is 1. The van der Waals surface area contributed by atoms with Gasteiger partial charge in [0, 0.05) is 6.42 Å². The van der Waals surface area contributed by atoms with E-state index in [1.807, 2.05) is 6.92 Å². The average molecular weight is 319 g/mol. The Kier molecular flexibility index (Phi) is 3.54. The zero-order valence-electron chi connectivity index (χ0n) is 11.7. The van der Waals surface area contributed by atoms with Crippen molar-refractivity contribution in [3.63, 3.8) is 0 Å². The number of nitrogens with zero attached hydrogens (tertiary/aromatic N) is 3. The van der Waals surface area contributed by atoms with Crippen molar-refractivity contribution < 1.29 is 4.39 Å². The third-order valence-electron chi connectivity index (χ3n) is 3.34. The zero-order chi connectivity index (χ0) is 15.9. The molecule has 2 aromatic heterocycles. The third kappa shape index (κ3) is 2.21. The molecule has 0 aliphatic rings. The molecule has 3 aromatic rings. The van der Waals surface area contributed by atoms with Gasteiger partial charge < -0.3 is 5.73 Å². The molecule has 5 nitrogen and oxygen atoms in total. The van der Waals surface area contributed by atoms with E-state index >= 15 is 0 Å². The molecule has 0 fully saturated rings. The monoisotopic (exact) mass is 318 g/mol. The molecule has 0 aliphatic heterocycles. The maximum absolute atomic E-state index is 14.0. The maximum Gasteiger partial charge on any atom is 0.267 e. The molecule has 7 heteroatoms. The first-order valence-corrected chi connectivity index (χ1v) is 7.02. The molecule has 112 valence electrons. The second-order valence-corrected chi connectivity index (χ2v) is 5.12. The first-order valence-electron chi connectivity index (χ1n) is 6.64. The lowest BCUT2D eigenvalue weighted by Crippen LogP contribution is -2.24. The Morgan fingerprint density at radius 1 is 1.32 bits per heavy atom. The van der Waals surface area contributed by atoms with Crippen molar-refractivity contribution in [1.29, 1.82) is 0 Å². The predicted molar refractivity (Wildman–Crippen MR) is 83.9 cm³/mol. The van der Waals surface area contributed by atoms with E-state index in [9.17, 15) is 9.18 Å². The van der Waals surface area contributed by atoms with E-state index < -0.39 is 11.4 Å². The Morgan fingerprint density at radius 3 is 2.73 bits per heavy atom. The van der Waals surface area contributed by atoms with Crippen LogP contribution in [0.4, 0.5) is 10.2 Å². The van der Waals surface area contributed by atoms with Gasteiger partial charge in [0.25, 0.3) is 5.56 Å². The number of halogens is 2. The molecule has 0 radical (unpaired) electrons. The number of benzene rings is 1. The molecule has 0 bridgehead atoms. The van der Waals surface area contributed by atoms with Gasteiger partial charge in [0.15, 0.2) is 0 Å². The molecule has 3 rings (SSSR count). The quantitative estimate of drug-likeness (QED) is 0.788. The number of nitrogens with two attached hydrogens (primary N) is 1. The molecule has 0 atom stereocenters. The minimum atomic E-state index is -0.575. The van der Waals surface area contributed by atoms with Gasteiger partial charge >= 0.3 is 0 Å². The Bertz CT molecular complexity index is 921. The molecule has 0 saturated carbocycles. The van der Waals surface area contributed by atoms with Gasteiger partial charge in [0.05, 0.1) is 22.3 Å². The lowest BCUT2D eigenvalue weighted by molar-refractivity contribution is 0.634. The van der Waals surface area contributed by atoms with Crippen LogP contribution in [-0.4, -0.2) is 14.5 Å². The van der Waals surface area contributed by atoms with Gasteiger partial charge in [-0.25, -0.2) is 14.4 Å². The van der Waals surface area contributed by atoms with Crippen LogP contribution in [0.15, 0.2) is 35.3 Å². The summed E-state index contributed by atoms with van der Waals surface area (Å²) in [4.78, 5) is 21.0. The summed E-state index contributed by atoms with van der Waals surface area (Å²) in [5.74, 6) is 0.187. The van der Waals surface area contributed by atoms with Crippen LogP contribution in [0.2, 0.25) is 5.02 Å². The predicted octanol–water partition coefficient (Wildman–Crippen LogP) is 2.72. The van der Waals surface area contributed by atoms with Crippen LogP contribution in [0.5, 0.6) is 0 Å². The van der Waals surface area contributed by atoms with Gasteiger partial charge in [0.1, 0.15) is 23.0 Å². The van der Waals surface area contributed by atoms with E-state index in [-0.39, 0.29) is 15.9 Å². The SMILES string of the molecule is CCc1nc2c(F)ccc(Cl)c2c(=O)n1-c1ccc(N)nc1. The molecular formula is C15H12ClFN4O. The van der Waals surface area contributed by atoms with Crippen LogP contribution in [0.25, 0.3) is 16.6 Å². The van der Waals surface area contributed by atoms with Crippen LogP contribution in [-0.2, 0) is 6.42 Å². The van der Waals surface area contributed by atoms with Crippen molar-refractivity contribution in [1.82, 2.24) is 14.5 Å². The second kappa shape index (κ2) is 5.38. The van der Waals surface area contributed by atoms with Gasteiger partial charge in [0.2, 0.25) is 0 Å². The Morgan fingerprint density at radius 2 is 2.09 bits per heavy atom. The molecule has 0 saturated heterocycles. The molecule has 0 aliphatic carbocycles. The minimum absolute atomic E-state index is 0.0194. The first-order chi connectivity index (χ1) is 10.5. The second-order valence-electron chi connectivity index (χ2n) is 4.72. The largest absolute Gasteiger partial charge is 0.384 e. The molecule has 22 heavy (non-hydrogen) atoms.